The fourth-order valence-corrected chi connectivity index (χ4v) is 2.54. The van der Waals surface area contributed by atoms with Crippen LogP contribution >= 0.6 is 0 Å². The smallest absolute Gasteiger partial charge is 0.226 e. The van der Waals surface area contributed by atoms with Crippen LogP contribution in [0.1, 0.15) is 6.42 Å². The van der Waals surface area contributed by atoms with Gasteiger partial charge in [-0.25, -0.2) is 0 Å². The van der Waals surface area contributed by atoms with Crippen molar-refractivity contribution in [2.24, 2.45) is 0 Å². The summed E-state index contributed by atoms with van der Waals surface area (Å²) in [5.41, 5.74) is 0. The Morgan fingerprint density at radius 3 is 2.65 bits per heavy atom. The molecule has 1 amide bonds. The maximum absolute atomic E-state index is 12.3. The van der Waals surface area contributed by atoms with Crippen LogP contribution in [0, 0.1) is 0 Å². The number of hydrogen-bond donors (Lipinski definition) is 0. The van der Waals surface area contributed by atoms with Gasteiger partial charge in [0.1, 0.15) is 12.7 Å². The molecule has 0 saturated carbocycles. The maximum Gasteiger partial charge on any atom is 0.226 e. The van der Waals surface area contributed by atoms with E-state index in [0.29, 0.717) is 13.0 Å². The molecule has 0 aliphatic carbocycles. The van der Waals surface area contributed by atoms with Crippen molar-refractivity contribution in [3.63, 3.8) is 0 Å². The second-order valence-corrected chi connectivity index (χ2v) is 5.39. The second kappa shape index (κ2) is 5.71. The van der Waals surface area contributed by atoms with Gasteiger partial charge in [0.25, 0.3) is 0 Å². The molecular weight excluding hydrogens is 256 g/mol. The van der Waals surface area contributed by atoms with Crippen molar-refractivity contribution in [2.45, 2.75) is 12.5 Å². The molecular formula is C15H20N2O3. The molecule has 1 atom stereocenters. The molecule has 1 saturated heterocycles. The molecule has 0 bridgehead atoms. The predicted octanol–water partition coefficient (Wildman–Crippen LogP) is 0.990. The topological polar surface area (TPSA) is 42.0 Å². The fourth-order valence-electron chi connectivity index (χ4n) is 2.54. The van der Waals surface area contributed by atoms with Crippen molar-refractivity contribution < 1.29 is 14.3 Å². The third-order valence-corrected chi connectivity index (χ3v) is 3.83. The summed E-state index contributed by atoms with van der Waals surface area (Å²) < 4.78 is 11.5. The van der Waals surface area contributed by atoms with E-state index < -0.39 is 0 Å². The van der Waals surface area contributed by atoms with Crippen molar-refractivity contribution in [1.29, 1.82) is 0 Å². The first kappa shape index (κ1) is 13.2. The number of hydrogen-bond acceptors (Lipinski definition) is 4. The van der Waals surface area contributed by atoms with Crippen molar-refractivity contribution in [1.82, 2.24) is 9.80 Å². The van der Waals surface area contributed by atoms with Crippen LogP contribution in [0.5, 0.6) is 11.5 Å². The van der Waals surface area contributed by atoms with Gasteiger partial charge in [0.05, 0.1) is 6.42 Å². The maximum atomic E-state index is 12.3. The monoisotopic (exact) mass is 276 g/mol. The van der Waals surface area contributed by atoms with Gasteiger partial charge in [0, 0.05) is 26.2 Å². The number of piperazine rings is 1. The molecule has 2 aliphatic heterocycles. The first-order valence-corrected chi connectivity index (χ1v) is 7.07. The highest BCUT2D eigenvalue weighted by Crippen LogP contribution is 2.31. The molecule has 2 heterocycles. The number of carbonyl (C=O) groups excluding carboxylic acids is 1. The Labute approximate surface area is 119 Å². The summed E-state index contributed by atoms with van der Waals surface area (Å²) in [7, 11) is 2.08. The highest BCUT2D eigenvalue weighted by Gasteiger charge is 2.26. The lowest BCUT2D eigenvalue weighted by Gasteiger charge is -2.34. The summed E-state index contributed by atoms with van der Waals surface area (Å²) in [5.74, 6) is 1.65. The molecule has 0 radical (unpaired) electrons. The minimum Gasteiger partial charge on any atom is -0.486 e. The van der Waals surface area contributed by atoms with Crippen LogP contribution in [-0.2, 0) is 4.79 Å². The summed E-state index contributed by atoms with van der Waals surface area (Å²) in [6.07, 6.45) is 0.204. The largest absolute Gasteiger partial charge is 0.486 e. The first-order chi connectivity index (χ1) is 9.72. The van der Waals surface area contributed by atoms with Crippen molar-refractivity contribution >= 4 is 5.91 Å². The molecule has 0 spiro atoms. The summed E-state index contributed by atoms with van der Waals surface area (Å²) in [5, 5.41) is 0. The van der Waals surface area contributed by atoms with Gasteiger partial charge < -0.3 is 19.3 Å². The van der Waals surface area contributed by atoms with Crippen LogP contribution in [0.15, 0.2) is 24.3 Å². The van der Waals surface area contributed by atoms with Crippen LogP contribution in [0.25, 0.3) is 0 Å². The second-order valence-electron chi connectivity index (χ2n) is 5.39. The number of benzene rings is 1. The van der Waals surface area contributed by atoms with Crippen molar-refractivity contribution in [3.8, 4) is 11.5 Å². The van der Waals surface area contributed by atoms with Crippen LogP contribution in [0.3, 0.4) is 0 Å². The number of nitrogens with zero attached hydrogens (tertiary/aromatic N) is 2. The number of likely N-dealkylation sites (N-methyl/N-ethyl adjacent to an activating group) is 1. The summed E-state index contributed by atoms with van der Waals surface area (Å²) in [6.45, 7) is 3.93. The Kier molecular flexibility index (Phi) is 3.78. The van der Waals surface area contributed by atoms with E-state index in [2.05, 4.69) is 11.9 Å². The molecule has 1 fully saturated rings. The number of carbonyl (C=O) groups is 1. The number of ether oxygens (including phenoxy) is 2. The number of amides is 1. The fraction of sp³-hybridized carbons (Fsp3) is 0.533. The van der Waals surface area contributed by atoms with Gasteiger partial charge >= 0.3 is 0 Å². The molecule has 2 aliphatic rings. The SMILES string of the molecule is CN1CCN(C(=O)C[C@@H]2COc3ccccc3O2)CC1. The Bertz CT molecular complexity index is 484. The van der Waals surface area contributed by atoms with Crippen LogP contribution in [0.2, 0.25) is 0 Å². The van der Waals surface area contributed by atoms with Crippen LogP contribution < -0.4 is 9.47 Å². The highest BCUT2D eigenvalue weighted by molar-refractivity contribution is 5.77. The summed E-state index contributed by atoms with van der Waals surface area (Å²) in [4.78, 5) is 16.4. The summed E-state index contributed by atoms with van der Waals surface area (Å²) >= 11 is 0. The predicted molar refractivity (Wildman–Crippen MR) is 75.0 cm³/mol. The Morgan fingerprint density at radius 1 is 1.20 bits per heavy atom. The standard InChI is InChI=1S/C15H20N2O3/c1-16-6-8-17(9-7-16)15(18)10-12-11-19-13-4-2-3-5-14(13)20-12/h2-5,12H,6-11H2,1H3/t12-/m1/s1. The van der Waals surface area contributed by atoms with Crippen LogP contribution in [-0.4, -0.2) is 61.6 Å². The lowest BCUT2D eigenvalue weighted by Crippen LogP contribution is -2.48. The van der Waals surface area contributed by atoms with E-state index in [4.69, 9.17) is 9.47 Å². The molecule has 1 aromatic carbocycles. The molecule has 5 heteroatoms. The molecule has 108 valence electrons. The van der Waals surface area contributed by atoms with Gasteiger partial charge in [-0.2, -0.15) is 0 Å². The van der Waals surface area contributed by atoms with E-state index >= 15 is 0 Å². The van der Waals surface area contributed by atoms with E-state index in [1.807, 2.05) is 29.2 Å². The molecule has 3 rings (SSSR count). The zero-order valence-corrected chi connectivity index (χ0v) is 11.7. The van der Waals surface area contributed by atoms with Gasteiger partial charge in [-0.15, -0.1) is 0 Å². The van der Waals surface area contributed by atoms with E-state index in [1.54, 1.807) is 0 Å². The Balaban J connectivity index is 1.55. The minimum atomic E-state index is -0.183. The normalized spacial score (nSPS) is 22.6. The van der Waals surface area contributed by atoms with Gasteiger partial charge in [0.2, 0.25) is 5.91 Å². The Hall–Kier alpha value is -1.75. The number of para-hydroxylation sites is 2. The third kappa shape index (κ3) is 2.88. The zero-order chi connectivity index (χ0) is 13.9. The minimum absolute atomic E-state index is 0.158. The average molecular weight is 276 g/mol. The third-order valence-electron chi connectivity index (χ3n) is 3.83. The zero-order valence-electron chi connectivity index (χ0n) is 11.7. The van der Waals surface area contributed by atoms with Gasteiger partial charge in [-0.3, -0.25) is 4.79 Å². The van der Waals surface area contributed by atoms with Gasteiger partial charge in [0.15, 0.2) is 11.5 Å². The average Bonchev–Trinajstić information content (AvgIpc) is 2.48. The van der Waals surface area contributed by atoms with Gasteiger partial charge in [-0.1, -0.05) is 12.1 Å². The van der Waals surface area contributed by atoms with E-state index in [9.17, 15) is 4.79 Å². The number of fused-ring (bicyclic) bond motifs is 1. The molecule has 5 nitrogen and oxygen atoms in total. The molecule has 20 heavy (non-hydrogen) atoms. The van der Waals surface area contributed by atoms with E-state index in [-0.39, 0.29) is 12.0 Å². The van der Waals surface area contributed by atoms with E-state index in [0.717, 1.165) is 37.7 Å². The Morgan fingerprint density at radius 2 is 1.90 bits per heavy atom. The van der Waals surface area contributed by atoms with Crippen molar-refractivity contribution in [2.75, 3.05) is 39.8 Å². The van der Waals surface area contributed by atoms with Gasteiger partial charge in [-0.05, 0) is 19.2 Å². The first-order valence-electron chi connectivity index (χ1n) is 7.07. The number of rotatable bonds is 2. The highest BCUT2D eigenvalue weighted by atomic mass is 16.6. The molecule has 0 aromatic heterocycles. The van der Waals surface area contributed by atoms with Crippen LogP contribution in [0.4, 0.5) is 0 Å². The lowest BCUT2D eigenvalue weighted by molar-refractivity contribution is -0.135. The molecule has 0 unspecified atom stereocenters. The van der Waals surface area contributed by atoms with Crippen molar-refractivity contribution in [3.05, 3.63) is 24.3 Å². The molecule has 0 N–H and O–H groups in total. The molecule has 1 aromatic rings. The van der Waals surface area contributed by atoms with E-state index in [1.165, 1.54) is 0 Å². The quantitative estimate of drug-likeness (QED) is 0.808. The summed E-state index contributed by atoms with van der Waals surface area (Å²) in [6, 6.07) is 7.58. The lowest BCUT2D eigenvalue weighted by atomic mass is 10.2.